The van der Waals surface area contributed by atoms with Gasteiger partial charge < -0.3 is 13.9 Å². The first-order chi connectivity index (χ1) is 14.6. The minimum absolute atomic E-state index is 0.117. The van der Waals surface area contributed by atoms with E-state index >= 15 is 0 Å². The molecule has 0 radical (unpaired) electrons. The molecule has 0 atom stereocenters. The molecule has 0 unspecified atom stereocenters. The highest BCUT2D eigenvalue weighted by atomic mass is 19.1. The average Bonchev–Trinajstić information content (AvgIpc) is 3.44. The summed E-state index contributed by atoms with van der Waals surface area (Å²) in [5, 5.41) is 0. The van der Waals surface area contributed by atoms with Crippen LogP contribution in [0.2, 0.25) is 0 Å². The van der Waals surface area contributed by atoms with Crippen molar-refractivity contribution in [2.24, 2.45) is 0 Å². The van der Waals surface area contributed by atoms with Crippen LogP contribution >= 0.6 is 0 Å². The molecule has 0 N–H and O–H groups in total. The smallest absolute Gasteiger partial charge is 0.289 e. The summed E-state index contributed by atoms with van der Waals surface area (Å²) in [5.41, 5.74) is 0.879. The molecule has 4 rings (SSSR count). The van der Waals surface area contributed by atoms with Gasteiger partial charge in [0, 0.05) is 24.8 Å². The summed E-state index contributed by atoms with van der Waals surface area (Å²) in [5.74, 6) is 0.468. The first-order valence-electron chi connectivity index (χ1n) is 10.4. The fraction of sp³-hybridized carbons (Fsp3) is 0.333. The van der Waals surface area contributed by atoms with Crippen molar-refractivity contribution in [1.82, 2.24) is 9.47 Å². The number of benzene rings is 1. The van der Waals surface area contributed by atoms with Gasteiger partial charge in [-0.2, -0.15) is 0 Å². The van der Waals surface area contributed by atoms with Gasteiger partial charge in [0.15, 0.2) is 5.76 Å². The second kappa shape index (κ2) is 9.11. The predicted octanol–water partition coefficient (Wildman–Crippen LogP) is 4.26. The van der Waals surface area contributed by atoms with Crippen molar-refractivity contribution in [2.45, 2.75) is 44.7 Å². The molecule has 0 spiro atoms. The average molecular weight is 408 g/mol. The second-order valence-electron chi connectivity index (χ2n) is 7.75. The fourth-order valence-electron chi connectivity index (χ4n) is 4.05. The number of hydrogen-bond acceptors (Lipinski definition) is 3. The maximum absolute atomic E-state index is 13.2. The third kappa shape index (κ3) is 4.70. The zero-order valence-corrected chi connectivity index (χ0v) is 16.8. The molecule has 156 valence electrons. The molecule has 6 heteroatoms. The second-order valence-corrected chi connectivity index (χ2v) is 7.75. The number of aromatic nitrogens is 1. The minimum Gasteiger partial charge on any atom is -0.454 e. The molecule has 1 aliphatic rings. The lowest BCUT2D eigenvalue weighted by Crippen LogP contribution is -2.40. The van der Waals surface area contributed by atoms with Gasteiger partial charge in [0.05, 0.1) is 6.54 Å². The standard InChI is InChI=1S/C24H25FN2O3/c25-19-10-8-18(9-11-19)14-16-27(20-5-1-2-6-20)24(29)22-13-12-21(30-22)17-26-15-4-3-7-23(26)28/h3-4,7-13,15,20H,1-2,5-6,14,16-17H2. The van der Waals surface area contributed by atoms with Crippen LogP contribution in [-0.4, -0.2) is 28.0 Å². The van der Waals surface area contributed by atoms with Crippen LogP contribution in [0.15, 0.2) is 70.0 Å². The van der Waals surface area contributed by atoms with Gasteiger partial charge in [0.2, 0.25) is 0 Å². The maximum atomic E-state index is 13.2. The highest BCUT2D eigenvalue weighted by Crippen LogP contribution is 2.26. The summed E-state index contributed by atoms with van der Waals surface area (Å²) >= 11 is 0. The van der Waals surface area contributed by atoms with Gasteiger partial charge in [-0.3, -0.25) is 9.59 Å². The number of rotatable bonds is 7. The van der Waals surface area contributed by atoms with Crippen molar-refractivity contribution in [3.8, 4) is 0 Å². The topological polar surface area (TPSA) is 55.5 Å². The van der Waals surface area contributed by atoms with E-state index in [1.165, 1.54) is 22.8 Å². The largest absolute Gasteiger partial charge is 0.454 e. The maximum Gasteiger partial charge on any atom is 0.289 e. The van der Waals surface area contributed by atoms with Crippen LogP contribution in [0.3, 0.4) is 0 Å². The van der Waals surface area contributed by atoms with Gasteiger partial charge >= 0.3 is 0 Å². The van der Waals surface area contributed by atoms with Gasteiger partial charge in [-0.15, -0.1) is 0 Å². The first-order valence-corrected chi connectivity index (χ1v) is 10.4. The number of pyridine rings is 1. The van der Waals surface area contributed by atoms with E-state index in [9.17, 15) is 14.0 Å². The lowest BCUT2D eigenvalue weighted by Gasteiger charge is -2.28. The van der Waals surface area contributed by atoms with Crippen LogP contribution in [0.25, 0.3) is 0 Å². The zero-order valence-electron chi connectivity index (χ0n) is 16.8. The minimum atomic E-state index is -0.261. The third-order valence-corrected chi connectivity index (χ3v) is 5.68. The molecule has 0 bridgehead atoms. The number of nitrogens with zero attached hydrogens (tertiary/aromatic N) is 2. The van der Waals surface area contributed by atoms with Gasteiger partial charge in [-0.1, -0.05) is 31.0 Å². The van der Waals surface area contributed by atoms with E-state index in [1.54, 1.807) is 42.6 Å². The Morgan fingerprint density at radius 3 is 2.57 bits per heavy atom. The highest BCUT2D eigenvalue weighted by Gasteiger charge is 2.29. The van der Waals surface area contributed by atoms with Crippen LogP contribution in [-0.2, 0) is 13.0 Å². The molecule has 1 amide bonds. The van der Waals surface area contributed by atoms with Crippen molar-refractivity contribution in [1.29, 1.82) is 0 Å². The number of hydrogen-bond donors (Lipinski definition) is 0. The molecule has 0 aliphatic heterocycles. The first kappa shape index (κ1) is 20.1. The van der Waals surface area contributed by atoms with Crippen molar-refractivity contribution >= 4 is 5.91 Å². The number of amides is 1. The van der Waals surface area contributed by atoms with Crippen molar-refractivity contribution in [3.05, 3.63) is 94.0 Å². The third-order valence-electron chi connectivity index (χ3n) is 5.68. The zero-order chi connectivity index (χ0) is 20.9. The van der Waals surface area contributed by atoms with Crippen molar-refractivity contribution < 1.29 is 13.6 Å². The Labute approximate surface area is 174 Å². The van der Waals surface area contributed by atoms with E-state index in [0.29, 0.717) is 24.5 Å². The van der Waals surface area contributed by atoms with Crippen LogP contribution in [0.5, 0.6) is 0 Å². The summed E-state index contributed by atoms with van der Waals surface area (Å²) in [4.78, 5) is 27.1. The molecule has 3 aromatic rings. The Balaban J connectivity index is 1.48. The van der Waals surface area contributed by atoms with E-state index in [0.717, 1.165) is 31.2 Å². The lowest BCUT2D eigenvalue weighted by atomic mass is 10.1. The summed E-state index contributed by atoms with van der Waals surface area (Å²) in [7, 11) is 0. The van der Waals surface area contributed by atoms with E-state index in [2.05, 4.69) is 0 Å². The van der Waals surface area contributed by atoms with E-state index in [-0.39, 0.29) is 29.9 Å². The molecule has 30 heavy (non-hydrogen) atoms. The van der Waals surface area contributed by atoms with Gasteiger partial charge in [-0.25, -0.2) is 4.39 Å². The Bertz CT molecular complexity index is 1050. The van der Waals surface area contributed by atoms with Crippen molar-refractivity contribution in [3.63, 3.8) is 0 Å². The molecule has 2 aromatic heterocycles. The summed E-state index contributed by atoms with van der Waals surface area (Å²) in [6, 6.07) is 15.0. The van der Waals surface area contributed by atoms with Gasteiger partial charge in [0.25, 0.3) is 11.5 Å². The normalized spacial score (nSPS) is 14.2. The van der Waals surface area contributed by atoms with Gasteiger partial charge in [0.1, 0.15) is 11.6 Å². The molecule has 5 nitrogen and oxygen atoms in total. The molecule has 1 fully saturated rings. The van der Waals surface area contributed by atoms with Crippen molar-refractivity contribution in [2.75, 3.05) is 6.54 Å². The monoisotopic (exact) mass is 408 g/mol. The molecule has 1 aromatic carbocycles. The molecule has 1 aliphatic carbocycles. The summed E-state index contributed by atoms with van der Waals surface area (Å²) < 4.78 is 20.5. The number of halogens is 1. The number of carbonyl (C=O) groups is 1. The van der Waals surface area contributed by atoms with E-state index in [1.807, 2.05) is 4.90 Å². The predicted molar refractivity (Wildman–Crippen MR) is 112 cm³/mol. The molecule has 1 saturated carbocycles. The molecular weight excluding hydrogens is 383 g/mol. The Morgan fingerprint density at radius 2 is 1.83 bits per heavy atom. The SMILES string of the molecule is O=C(c1ccc(Cn2ccccc2=O)o1)N(CCc1ccc(F)cc1)C1CCCC1. The number of carbonyl (C=O) groups excluding carboxylic acids is 1. The lowest BCUT2D eigenvalue weighted by molar-refractivity contribution is 0.0649. The fourth-order valence-corrected chi connectivity index (χ4v) is 4.05. The van der Waals surface area contributed by atoms with E-state index in [4.69, 9.17) is 4.42 Å². The Morgan fingerprint density at radius 1 is 1.07 bits per heavy atom. The Kier molecular flexibility index (Phi) is 6.12. The van der Waals surface area contributed by atoms with Crippen LogP contribution < -0.4 is 5.56 Å². The van der Waals surface area contributed by atoms with Crippen LogP contribution in [0, 0.1) is 5.82 Å². The summed E-state index contributed by atoms with van der Waals surface area (Å²) in [6.07, 6.45) is 6.57. The summed E-state index contributed by atoms with van der Waals surface area (Å²) in [6.45, 7) is 0.843. The Hall–Kier alpha value is -3.15. The quantitative estimate of drug-likeness (QED) is 0.587. The van der Waals surface area contributed by atoms with E-state index < -0.39 is 0 Å². The highest BCUT2D eigenvalue weighted by molar-refractivity contribution is 5.91. The van der Waals surface area contributed by atoms with Crippen LogP contribution in [0.1, 0.15) is 47.6 Å². The molecule has 2 heterocycles. The molecule has 0 saturated heterocycles. The molecular formula is C24H25FN2O3. The van der Waals surface area contributed by atoms with Crippen LogP contribution in [0.4, 0.5) is 4.39 Å². The van der Waals surface area contributed by atoms with Gasteiger partial charge in [-0.05, 0) is 55.2 Å². The number of furan rings is 1.